The predicted molar refractivity (Wildman–Crippen MR) is 73.9 cm³/mol. The summed E-state index contributed by atoms with van der Waals surface area (Å²) in [5.41, 5.74) is 0. The van der Waals surface area contributed by atoms with Crippen LogP contribution in [0.4, 0.5) is 0 Å². The maximum Gasteiger partial charge on any atom is 0.161 e. The predicted octanol–water partition coefficient (Wildman–Crippen LogP) is 3.46. The quantitative estimate of drug-likeness (QED) is 0.822. The summed E-state index contributed by atoms with van der Waals surface area (Å²) in [5.74, 6) is 1.62. The molecule has 0 N–H and O–H groups in total. The van der Waals surface area contributed by atoms with Crippen molar-refractivity contribution in [2.45, 2.75) is 32.3 Å². The number of rotatable bonds is 5. The number of hydrogen-bond acceptors (Lipinski definition) is 3. The molecule has 1 aliphatic heterocycles. The Morgan fingerprint density at radius 2 is 1.89 bits per heavy atom. The maximum absolute atomic E-state index is 5.78. The van der Waals surface area contributed by atoms with Gasteiger partial charge in [0, 0.05) is 6.61 Å². The van der Waals surface area contributed by atoms with E-state index >= 15 is 0 Å². The molecule has 1 aromatic carbocycles. The summed E-state index contributed by atoms with van der Waals surface area (Å²) in [4.78, 5) is 0. The average molecular weight is 273 g/mol. The van der Waals surface area contributed by atoms with Crippen LogP contribution in [0.2, 0.25) is 0 Å². The lowest BCUT2D eigenvalue weighted by Gasteiger charge is -2.23. The number of benzene rings is 1. The van der Waals surface area contributed by atoms with Crippen LogP contribution in [0, 0.1) is 0 Å². The molecule has 1 aliphatic rings. The second kappa shape index (κ2) is 8.22. The highest BCUT2D eigenvalue weighted by atomic mass is 35.5. The summed E-state index contributed by atoms with van der Waals surface area (Å²) in [6.07, 6.45) is 3.74. The molecular formula is C14H21ClO3. The molecule has 18 heavy (non-hydrogen) atoms. The van der Waals surface area contributed by atoms with E-state index < -0.39 is 0 Å². The number of para-hydroxylation sites is 2. The Morgan fingerprint density at radius 1 is 1.17 bits per heavy atom. The minimum Gasteiger partial charge on any atom is -0.490 e. The Bertz CT molecular complexity index is 338. The molecule has 102 valence electrons. The molecule has 0 bridgehead atoms. The number of ether oxygens (including phenoxy) is 3. The Morgan fingerprint density at radius 3 is 2.50 bits per heavy atom. The molecule has 0 spiro atoms. The van der Waals surface area contributed by atoms with Crippen molar-refractivity contribution in [3.05, 3.63) is 24.3 Å². The molecule has 0 aromatic heterocycles. The molecule has 0 saturated carbocycles. The molecule has 1 heterocycles. The van der Waals surface area contributed by atoms with Crippen molar-refractivity contribution < 1.29 is 14.2 Å². The zero-order chi connectivity index (χ0) is 11.9. The first-order valence-corrected chi connectivity index (χ1v) is 6.36. The second-order valence-corrected chi connectivity index (χ2v) is 4.18. The van der Waals surface area contributed by atoms with Gasteiger partial charge in [-0.1, -0.05) is 12.1 Å². The van der Waals surface area contributed by atoms with Crippen molar-refractivity contribution >= 4 is 12.4 Å². The van der Waals surface area contributed by atoms with Crippen LogP contribution in [0.5, 0.6) is 11.5 Å². The van der Waals surface area contributed by atoms with Gasteiger partial charge in [-0.3, -0.25) is 0 Å². The summed E-state index contributed by atoms with van der Waals surface area (Å²) in [6, 6.07) is 7.78. The van der Waals surface area contributed by atoms with E-state index in [2.05, 4.69) is 0 Å². The third-order valence-electron chi connectivity index (χ3n) is 2.85. The molecule has 4 heteroatoms. The molecule has 0 aliphatic carbocycles. The van der Waals surface area contributed by atoms with Gasteiger partial charge in [-0.25, -0.2) is 0 Å². The second-order valence-electron chi connectivity index (χ2n) is 4.18. The van der Waals surface area contributed by atoms with Crippen molar-refractivity contribution in [1.82, 2.24) is 0 Å². The summed E-state index contributed by atoms with van der Waals surface area (Å²) in [5, 5.41) is 0. The zero-order valence-electron chi connectivity index (χ0n) is 10.8. The van der Waals surface area contributed by atoms with Gasteiger partial charge in [-0.15, -0.1) is 12.4 Å². The lowest BCUT2D eigenvalue weighted by molar-refractivity contribution is -0.0115. The Labute approximate surface area is 115 Å². The van der Waals surface area contributed by atoms with Crippen LogP contribution in [0.1, 0.15) is 26.2 Å². The van der Waals surface area contributed by atoms with Crippen LogP contribution in [0.3, 0.4) is 0 Å². The van der Waals surface area contributed by atoms with Crippen LogP contribution in [-0.2, 0) is 4.74 Å². The summed E-state index contributed by atoms with van der Waals surface area (Å²) in [7, 11) is 0. The van der Waals surface area contributed by atoms with Crippen LogP contribution >= 0.6 is 12.4 Å². The first-order valence-electron chi connectivity index (χ1n) is 6.36. The number of halogens is 1. The van der Waals surface area contributed by atoms with Gasteiger partial charge < -0.3 is 14.2 Å². The van der Waals surface area contributed by atoms with Gasteiger partial charge in [0.25, 0.3) is 0 Å². The van der Waals surface area contributed by atoms with Gasteiger partial charge >= 0.3 is 0 Å². The van der Waals surface area contributed by atoms with Crippen molar-refractivity contribution in [3.63, 3.8) is 0 Å². The van der Waals surface area contributed by atoms with Crippen LogP contribution < -0.4 is 9.47 Å². The van der Waals surface area contributed by atoms with E-state index in [1.165, 1.54) is 12.8 Å². The third-order valence-corrected chi connectivity index (χ3v) is 2.85. The Hall–Kier alpha value is -0.930. The van der Waals surface area contributed by atoms with Crippen molar-refractivity contribution in [2.75, 3.05) is 19.8 Å². The monoisotopic (exact) mass is 272 g/mol. The van der Waals surface area contributed by atoms with Crippen LogP contribution in [0.25, 0.3) is 0 Å². The lowest BCUT2D eigenvalue weighted by Crippen LogP contribution is -2.25. The SMILES string of the molecule is CCOc1ccccc1OCC1CCCCO1.Cl. The fraction of sp³-hybridized carbons (Fsp3) is 0.571. The first-order chi connectivity index (χ1) is 8.40. The van der Waals surface area contributed by atoms with E-state index in [4.69, 9.17) is 14.2 Å². The van der Waals surface area contributed by atoms with Gasteiger partial charge in [0.1, 0.15) is 6.61 Å². The minimum atomic E-state index is 0. The smallest absolute Gasteiger partial charge is 0.161 e. The molecule has 1 atom stereocenters. The summed E-state index contributed by atoms with van der Waals surface area (Å²) < 4.78 is 16.9. The van der Waals surface area contributed by atoms with Gasteiger partial charge in [0.2, 0.25) is 0 Å². The van der Waals surface area contributed by atoms with Crippen LogP contribution in [-0.4, -0.2) is 25.9 Å². The molecule has 2 rings (SSSR count). The summed E-state index contributed by atoms with van der Waals surface area (Å²) in [6.45, 7) is 4.10. The summed E-state index contributed by atoms with van der Waals surface area (Å²) >= 11 is 0. The first kappa shape index (κ1) is 15.1. The highest BCUT2D eigenvalue weighted by Gasteiger charge is 2.15. The normalized spacial score (nSPS) is 18.8. The van der Waals surface area contributed by atoms with Gasteiger partial charge in [-0.05, 0) is 38.3 Å². The largest absolute Gasteiger partial charge is 0.490 e. The van der Waals surface area contributed by atoms with Gasteiger partial charge in [-0.2, -0.15) is 0 Å². The molecule has 1 fully saturated rings. The third kappa shape index (κ3) is 4.39. The van der Waals surface area contributed by atoms with E-state index in [0.717, 1.165) is 24.5 Å². The maximum atomic E-state index is 5.78. The Balaban J connectivity index is 0.00000162. The van der Waals surface area contributed by atoms with Crippen molar-refractivity contribution in [2.24, 2.45) is 0 Å². The van der Waals surface area contributed by atoms with Crippen molar-refractivity contribution in [1.29, 1.82) is 0 Å². The molecule has 1 unspecified atom stereocenters. The molecule has 0 radical (unpaired) electrons. The molecular weight excluding hydrogens is 252 g/mol. The van der Waals surface area contributed by atoms with Crippen LogP contribution in [0.15, 0.2) is 24.3 Å². The molecule has 3 nitrogen and oxygen atoms in total. The topological polar surface area (TPSA) is 27.7 Å². The zero-order valence-corrected chi connectivity index (χ0v) is 11.6. The highest BCUT2D eigenvalue weighted by molar-refractivity contribution is 5.85. The van der Waals surface area contributed by atoms with E-state index in [1.54, 1.807) is 0 Å². The minimum absolute atomic E-state index is 0. The molecule has 1 saturated heterocycles. The highest BCUT2D eigenvalue weighted by Crippen LogP contribution is 2.27. The van der Waals surface area contributed by atoms with E-state index in [1.807, 2.05) is 31.2 Å². The fourth-order valence-electron chi connectivity index (χ4n) is 1.97. The van der Waals surface area contributed by atoms with Gasteiger partial charge in [0.05, 0.1) is 12.7 Å². The average Bonchev–Trinajstić information content (AvgIpc) is 2.39. The van der Waals surface area contributed by atoms with E-state index in [0.29, 0.717) is 13.2 Å². The fourth-order valence-corrected chi connectivity index (χ4v) is 1.97. The van der Waals surface area contributed by atoms with Gasteiger partial charge in [0.15, 0.2) is 11.5 Å². The Kier molecular flexibility index (Phi) is 6.91. The standard InChI is InChI=1S/C14H20O3.ClH/c1-2-15-13-8-3-4-9-14(13)17-11-12-7-5-6-10-16-12;/h3-4,8-9,12H,2,5-7,10-11H2,1H3;1H. The van der Waals surface area contributed by atoms with Crippen molar-refractivity contribution in [3.8, 4) is 11.5 Å². The van der Waals surface area contributed by atoms with E-state index in [-0.39, 0.29) is 18.5 Å². The lowest BCUT2D eigenvalue weighted by atomic mass is 10.1. The number of hydrogen-bond donors (Lipinski definition) is 0. The molecule has 0 amide bonds. The molecule has 1 aromatic rings. The van der Waals surface area contributed by atoms with E-state index in [9.17, 15) is 0 Å².